The number of phosphoric ester groups is 1. The molecule has 1 aliphatic rings. The lowest BCUT2D eigenvalue weighted by Gasteiger charge is -2.46. The Balaban J connectivity index is 1.40. The molecular weight excluding hydrogens is 1050 g/mol. The van der Waals surface area contributed by atoms with Crippen LogP contribution in [-0.2, 0) is 60.2 Å². The van der Waals surface area contributed by atoms with Gasteiger partial charge in [0.15, 0.2) is 0 Å². The Hall–Kier alpha value is -7.27. The van der Waals surface area contributed by atoms with Gasteiger partial charge in [-0.05, 0) is 96.9 Å². The van der Waals surface area contributed by atoms with E-state index in [0.717, 1.165) is 27.9 Å². The summed E-state index contributed by atoms with van der Waals surface area (Å²) in [6.45, 7) is 14.7. The Morgan fingerprint density at radius 3 is 1.78 bits per heavy atom. The number of rotatable bonds is 23. The number of pyridine rings is 2. The normalized spacial score (nSPS) is 15.3. The van der Waals surface area contributed by atoms with Crippen molar-refractivity contribution in [1.82, 2.24) is 35.7 Å². The number of nitrogens with one attached hydrogen (secondary N) is 3. The van der Waals surface area contributed by atoms with Crippen LogP contribution in [0.5, 0.6) is 0 Å². The molecule has 1 fully saturated rings. The van der Waals surface area contributed by atoms with Crippen LogP contribution in [0.25, 0.3) is 11.3 Å². The van der Waals surface area contributed by atoms with Crippen molar-refractivity contribution < 1.29 is 47.9 Å². The summed E-state index contributed by atoms with van der Waals surface area (Å²) in [6.07, 6.45) is -0.489. The number of hydrogen-bond donors (Lipinski definition) is 6. The maximum Gasteiger partial charge on any atom is 0.469 e. The molecule has 6 N–H and O–H groups in total. The van der Waals surface area contributed by atoms with Crippen LogP contribution >= 0.6 is 7.82 Å². The second kappa shape index (κ2) is 26.1. The highest BCUT2D eigenvalue weighted by molar-refractivity contribution is 7.46. The summed E-state index contributed by atoms with van der Waals surface area (Å²) in [5.41, 5.74) is 1.53. The van der Waals surface area contributed by atoms with Crippen LogP contribution in [0.4, 0.5) is 9.59 Å². The van der Waals surface area contributed by atoms with E-state index in [2.05, 4.69) is 25.9 Å². The van der Waals surface area contributed by atoms with Crippen molar-refractivity contribution >= 4 is 31.8 Å². The summed E-state index contributed by atoms with van der Waals surface area (Å²) < 4.78 is 24.7. The molecule has 0 aliphatic carbocycles. The highest BCUT2D eigenvalue weighted by atomic mass is 31.2. The third-order valence-electron chi connectivity index (χ3n) is 14.8. The number of urea groups is 1. The largest absolute Gasteiger partial charge is 0.469 e. The molecule has 17 nitrogen and oxygen atoms in total. The molecule has 0 spiro atoms. The number of nitrogens with zero attached hydrogens (tertiary/aromatic N) is 4. The Morgan fingerprint density at radius 1 is 0.679 bits per heavy atom. The summed E-state index contributed by atoms with van der Waals surface area (Å²) in [4.78, 5) is 93.1. The number of aliphatic hydroxyl groups is 1. The maximum atomic E-state index is 15.5. The molecule has 6 aromatic rings. The van der Waals surface area contributed by atoms with Crippen molar-refractivity contribution in [3.8, 4) is 11.3 Å². The van der Waals surface area contributed by atoms with E-state index in [9.17, 15) is 29.0 Å². The Labute approximate surface area is 476 Å². The first-order valence-electron chi connectivity index (χ1n) is 27.3. The zero-order chi connectivity index (χ0) is 58.8. The summed E-state index contributed by atoms with van der Waals surface area (Å²) >= 11 is 0. The predicted octanol–water partition coefficient (Wildman–Crippen LogP) is 9.30. The molecule has 1 saturated heterocycles. The molecule has 18 heteroatoms. The zero-order valence-electron chi connectivity index (χ0n) is 47.8. The SMILES string of the molecule is COC(=O)N[C@H](C(=O)N[C@H](C[C@H](OP(=O)(O)O)[C@H](Cc1ccccc1)NC(=O)[C@@H](N1CCN(Cc2cccc(C(C)(C)O)n2)C1=O)C(C)(C)C)C(Cc1ccccc1)(Cc1ccccc1)c1ccc(-c2ccccn2)cc1)C(C)(C)C. The van der Waals surface area contributed by atoms with E-state index in [1.165, 1.54) is 12.0 Å². The quantitative estimate of drug-likeness (QED) is 0.0330. The van der Waals surface area contributed by atoms with Crippen LogP contribution in [0.15, 0.2) is 158 Å². The molecule has 5 amide bonds. The third-order valence-corrected chi connectivity index (χ3v) is 15.4. The fourth-order valence-corrected chi connectivity index (χ4v) is 11.4. The number of amides is 5. The number of methoxy groups -OCH3 is 1. The van der Waals surface area contributed by atoms with Gasteiger partial charge < -0.3 is 45.4 Å². The van der Waals surface area contributed by atoms with Crippen molar-refractivity contribution in [2.24, 2.45) is 10.8 Å². The average Bonchev–Trinajstić information content (AvgIpc) is 3.91. The summed E-state index contributed by atoms with van der Waals surface area (Å²) in [6, 6.07) is 42.3. The number of carbonyl (C=O) groups excluding carboxylic acids is 4. The van der Waals surface area contributed by atoms with E-state index < -0.39 is 83.9 Å². The minimum absolute atomic E-state index is 0.00425. The van der Waals surface area contributed by atoms with Crippen molar-refractivity contribution in [1.29, 1.82) is 0 Å². The van der Waals surface area contributed by atoms with Gasteiger partial charge in [0.2, 0.25) is 11.8 Å². The van der Waals surface area contributed by atoms with E-state index in [0.29, 0.717) is 17.0 Å². The number of aromatic nitrogens is 2. The van der Waals surface area contributed by atoms with E-state index in [1.807, 2.05) is 154 Å². The van der Waals surface area contributed by atoms with Crippen molar-refractivity contribution in [3.63, 3.8) is 0 Å². The van der Waals surface area contributed by atoms with Gasteiger partial charge in [0.05, 0.1) is 42.9 Å². The molecule has 1 aliphatic heterocycles. The summed E-state index contributed by atoms with van der Waals surface area (Å²) in [7, 11) is -4.26. The Morgan fingerprint density at radius 2 is 1.26 bits per heavy atom. The number of hydrogen-bond acceptors (Lipinski definition) is 10. The molecule has 0 bridgehead atoms. The maximum absolute atomic E-state index is 15.5. The summed E-state index contributed by atoms with van der Waals surface area (Å²) in [5.74, 6) is -1.21. The fraction of sp³-hybridized carbons (Fsp3) is 0.397. The van der Waals surface area contributed by atoms with E-state index in [4.69, 9.17) is 9.26 Å². The lowest BCUT2D eigenvalue weighted by molar-refractivity contribution is -0.131. The third kappa shape index (κ3) is 16.4. The molecule has 430 valence electrons. The monoisotopic (exact) mass is 1120 g/mol. The van der Waals surface area contributed by atoms with Crippen LogP contribution < -0.4 is 16.0 Å². The standard InChI is InChI=1S/C63H78N7O10P/c1-60(2,3)54(68-58(73)79-9)56(71)67-53(63(40-44-24-15-11-16-25-44,41-45-26-17-12-18-27-45)47-33-31-46(32-34-47)49-29-19-20-35-64-49)39-51(80-81(76,77)78)50(38-43-22-13-10-14-23-43)66-57(72)55(61(4,5)6)70-37-36-69(59(70)74)42-48-28-21-30-52(65-48)62(7,8)75/h10-35,50-51,53-55,75H,36-42H2,1-9H3,(H,66,72)(H,67,71)(H,68,73)(H2,76,77,78)/t50-,51-,53+,54+,55+/m0/s1. The van der Waals surface area contributed by atoms with E-state index in [1.54, 1.807) is 63.9 Å². The predicted molar refractivity (Wildman–Crippen MR) is 311 cm³/mol. The second-order valence-corrected chi connectivity index (χ2v) is 24.9. The van der Waals surface area contributed by atoms with Gasteiger partial charge in [-0.3, -0.25) is 24.1 Å². The summed E-state index contributed by atoms with van der Waals surface area (Å²) in [5, 5.41) is 20.0. The lowest BCUT2D eigenvalue weighted by Crippen LogP contribution is -2.62. The smallest absolute Gasteiger partial charge is 0.453 e. The highest BCUT2D eigenvalue weighted by Crippen LogP contribution is 2.44. The zero-order valence-corrected chi connectivity index (χ0v) is 48.7. The molecule has 5 atom stereocenters. The molecule has 3 heterocycles. The number of phosphoric acid groups is 1. The Kier molecular flexibility index (Phi) is 19.8. The van der Waals surface area contributed by atoms with Gasteiger partial charge in [0, 0.05) is 36.3 Å². The molecule has 4 aromatic carbocycles. The first-order valence-corrected chi connectivity index (χ1v) is 28.8. The topological polar surface area (TPSA) is 233 Å². The van der Waals surface area contributed by atoms with E-state index in [-0.39, 0.29) is 45.3 Å². The molecule has 7 rings (SSSR count). The first-order chi connectivity index (χ1) is 38.2. The molecule has 0 unspecified atom stereocenters. The molecule has 2 aromatic heterocycles. The van der Waals surface area contributed by atoms with Gasteiger partial charge in [-0.15, -0.1) is 0 Å². The van der Waals surface area contributed by atoms with Gasteiger partial charge in [0.25, 0.3) is 0 Å². The number of carbonyl (C=O) groups is 4. The van der Waals surface area contributed by atoms with Crippen LogP contribution in [-0.4, -0.2) is 109 Å². The van der Waals surface area contributed by atoms with Crippen LogP contribution in [0, 0.1) is 10.8 Å². The fourth-order valence-electron chi connectivity index (χ4n) is 10.9. The van der Waals surface area contributed by atoms with Crippen molar-refractivity contribution in [3.05, 3.63) is 191 Å². The highest BCUT2D eigenvalue weighted by Gasteiger charge is 2.49. The molecule has 0 radical (unpaired) electrons. The van der Waals surface area contributed by atoms with Gasteiger partial charge in [-0.1, -0.05) is 169 Å². The Bertz CT molecular complexity index is 3050. The second-order valence-electron chi connectivity index (χ2n) is 23.7. The van der Waals surface area contributed by atoms with E-state index >= 15 is 9.59 Å². The molecule has 81 heavy (non-hydrogen) atoms. The molecular formula is C63H78N7O10P. The van der Waals surface area contributed by atoms with Gasteiger partial charge >= 0.3 is 19.9 Å². The number of ether oxygens (including phenoxy) is 1. The van der Waals surface area contributed by atoms with Crippen LogP contribution in [0.1, 0.15) is 95.5 Å². The van der Waals surface area contributed by atoms with Crippen molar-refractivity contribution in [2.45, 2.75) is 129 Å². The lowest BCUT2D eigenvalue weighted by atomic mass is 9.64. The minimum Gasteiger partial charge on any atom is -0.453 e. The van der Waals surface area contributed by atoms with Gasteiger partial charge in [0.1, 0.15) is 17.7 Å². The van der Waals surface area contributed by atoms with Gasteiger partial charge in [-0.2, -0.15) is 0 Å². The van der Waals surface area contributed by atoms with Gasteiger partial charge in [-0.25, -0.2) is 14.2 Å². The average molecular weight is 1120 g/mol. The number of benzene rings is 4. The molecule has 0 saturated carbocycles. The number of alkyl carbamates (subject to hydrolysis) is 1. The van der Waals surface area contributed by atoms with Crippen molar-refractivity contribution in [2.75, 3.05) is 20.2 Å². The first kappa shape index (κ1) is 61.4. The van der Waals surface area contributed by atoms with Crippen LogP contribution in [0.3, 0.4) is 0 Å². The van der Waals surface area contributed by atoms with Crippen LogP contribution in [0.2, 0.25) is 0 Å². The minimum atomic E-state index is -5.46.